The van der Waals surface area contributed by atoms with Gasteiger partial charge in [0, 0.05) is 0 Å². The van der Waals surface area contributed by atoms with Crippen LogP contribution in [-0.2, 0) is 4.74 Å². The molecule has 0 aromatic rings. The van der Waals surface area contributed by atoms with Gasteiger partial charge in [-0.2, -0.15) is 0 Å². The Bertz CT molecular complexity index is 78.1. The van der Waals surface area contributed by atoms with Gasteiger partial charge in [-0.25, -0.2) is 0 Å². The van der Waals surface area contributed by atoms with E-state index >= 15 is 0 Å². The molecule has 0 aromatic heterocycles. The first kappa shape index (κ1) is 6.50. The number of hydrogen-bond acceptors (Lipinski definition) is 1. The lowest BCUT2D eigenvalue weighted by Crippen LogP contribution is -1.87. The molecule has 0 bridgehead atoms. The van der Waals surface area contributed by atoms with Crippen LogP contribution in [-0.4, -0.2) is 16.8 Å². The minimum Gasteiger partial charge on any atom is -0.501 e. The van der Waals surface area contributed by atoms with E-state index in [1.165, 1.54) is 0 Å². The molecule has 0 amide bonds. The highest BCUT2D eigenvalue weighted by Crippen LogP contribution is 1.82. The number of ether oxygens (including phenoxy) is 1. The summed E-state index contributed by atoms with van der Waals surface area (Å²) in [7, 11) is 0.919. The van der Waals surface area contributed by atoms with Crippen molar-refractivity contribution in [1.82, 2.24) is 0 Å². The Labute approximate surface area is 47.1 Å². The molecule has 0 saturated carbocycles. The van der Waals surface area contributed by atoms with E-state index in [1.54, 1.807) is 6.08 Å². The Morgan fingerprint density at radius 3 is 2.57 bits per heavy atom. The Hall–Kier alpha value is -0.503. The van der Waals surface area contributed by atoms with Crippen LogP contribution in [0.5, 0.6) is 0 Å². The van der Waals surface area contributed by atoms with Crippen LogP contribution in [0.3, 0.4) is 0 Å². The van der Waals surface area contributed by atoms with E-state index in [0.29, 0.717) is 6.61 Å². The third kappa shape index (κ3) is 5.50. The van der Waals surface area contributed by atoms with E-state index in [9.17, 15) is 0 Å². The van der Waals surface area contributed by atoms with Crippen molar-refractivity contribution in [3.8, 4) is 0 Å². The third-order valence-electron chi connectivity index (χ3n) is 0.448. The molecule has 0 fully saturated rings. The summed E-state index contributed by atoms with van der Waals surface area (Å²) in [4.78, 5) is 0. The van der Waals surface area contributed by atoms with Crippen molar-refractivity contribution in [1.29, 1.82) is 0 Å². The lowest BCUT2D eigenvalue weighted by Gasteiger charge is -1.97. The van der Waals surface area contributed by atoms with Crippen LogP contribution in [0, 0.1) is 0 Å². The summed E-state index contributed by atoms with van der Waals surface area (Å²) in [6.45, 7) is 7.67. The lowest BCUT2D eigenvalue weighted by molar-refractivity contribution is 0.276. The zero-order chi connectivity index (χ0) is 5.70. The molecule has 0 spiro atoms. The zero-order valence-corrected chi connectivity index (χ0v) is 6.61. The smallest absolute Gasteiger partial charge is 0.105 e. The number of hydrogen-bond donors (Lipinski definition) is 0. The van der Waals surface area contributed by atoms with Gasteiger partial charge in [0.2, 0.25) is 0 Å². The fourth-order valence-electron chi connectivity index (χ4n) is 0.201. The van der Waals surface area contributed by atoms with Crippen molar-refractivity contribution >= 4 is 10.2 Å². The van der Waals surface area contributed by atoms with Crippen molar-refractivity contribution in [3.05, 3.63) is 24.6 Å². The fourth-order valence-corrected chi connectivity index (χ4v) is 0.368. The van der Waals surface area contributed by atoms with Crippen LogP contribution in [0.1, 0.15) is 0 Å². The fraction of sp³-hybridized carbons (Fsp3) is 0.200. The third-order valence-corrected chi connectivity index (χ3v) is 0.736. The highest BCUT2D eigenvalue weighted by molar-refractivity contribution is 6.19. The van der Waals surface area contributed by atoms with E-state index in [-0.39, 0.29) is 0 Å². The highest BCUT2D eigenvalue weighted by Gasteiger charge is 1.75. The molecule has 0 heterocycles. The molecule has 40 valence electrons. The van der Waals surface area contributed by atoms with Crippen LogP contribution in [0.4, 0.5) is 0 Å². The first-order chi connectivity index (χ1) is 3.27. The van der Waals surface area contributed by atoms with Gasteiger partial charge in [0.15, 0.2) is 0 Å². The van der Waals surface area contributed by atoms with Gasteiger partial charge in [-0.05, 0) is 0 Å². The molecule has 0 rings (SSSR count). The van der Waals surface area contributed by atoms with E-state index in [1.807, 2.05) is 0 Å². The molecular formula is C5H10OSi. The van der Waals surface area contributed by atoms with Crippen LogP contribution in [0.15, 0.2) is 24.6 Å². The van der Waals surface area contributed by atoms with Crippen LogP contribution < -0.4 is 0 Å². The molecule has 0 aliphatic carbocycles. The van der Waals surface area contributed by atoms with Gasteiger partial charge in [-0.3, -0.25) is 0 Å². The SMILES string of the molecule is C=CCOC(=C)[SiH3]. The van der Waals surface area contributed by atoms with Crippen molar-refractivity contribution in [3.63, 3.8) is 0 Å². The topological polar surface area (TPSA) is 9.23 Å². The van der Waals surface area contributed by atoms with Crippen LogP contribution in [0.25, 0.3) is 0 Å². The predicted octanol–water partition coefficient (Wildman–Crippen LogP) is 0.0256. The minimum absolute atomic E-state index is 0.600. The molecule has 0 aromatic carbocycles. The maximum Gasteiger partial charge on any atom is 0.105 e. The monoisotopic (exact) mass is 114 g/mol. The normalized spacial score (nSPS) is 8.00. The Morgan fingerprint density at radius 2 is 2.43 bits per heavy atom. The molecule has 0 atom stereocenters. The summed E-state index contributed by atoms with van der Waals surface area (Å²) in [5.74, 6) is 0. The zero-order valence-electron chi connectivity index (χ0n) is 4.61. The van der Waals surface area contributed by atoms with Gasteiger partial charge in [0.1, 0.15) is 6.61 Å². The second-order valence-corrected chi connectivity index (χ2v) is 2.42. The van der Waals surface area contributed by atoms with Crippen molar-refractivity contribution < 1.29 is 4.74 Å². The van der Waals surface area contributed by atoms with E-state index in [0.717, 1.165) is 15.6 Å². The van der Waals surface area contributed by atoms with Gasteiger partial charge in [0.05, 0.1) is 15.6 Å². The maximum atomic E-state index is 4.94. The first-order valence-electron chi connectivity index (χ1n) is 2.16. The van der Waals surface area contributed by atoms with Crippen molar-refractivity contribution in [2.24, 2.45) is 0 Å². The minimum atomic E-state index is 0.600. The molecule has 0 unspecified atom stereocenters. The summed E-state index contributed by atoms with van der Waals surface area (Å²) < 4.78 is 4.94. The second-order valence-electron chi connectivity index (χ2n) is 1.30. The molecular weight excluding hydrogens is 104 g/mol. The summed E-state index contributed by atoms with van der Waals surface area (Å²) in [6.07, 6.45) is 1.71. The second kappa shape index (κ2) is 3.68. The van der Waals surface area contributed by atoms with Gasteiger partial charge < -0.3 is 4.74 Å². The molecule has 1 nitrogen and oxygen atoms in total. The van der Waals surface area contributed by atoms with Crippen molar-refractivity contribution in [2.75, 3.05) is 6.61 Å². The quantitative estimate of drug-likeness (QED) is 0.286. The first-order valence-corrected chi connectivity index (χ1v) is 3.16. The van der Waals surface area contributed by atoms with Crippen molar-refractivity contribution in [2.45, 2.75) is 0 Å². The Kier molecular flexibility index (Phi) is 3.41. The largest absolute Gasteiger partial charge is 0.501 e. The molecule has 0 N–H and O–H groups in total. The van der Waals surface area contributed by atoms with Gasteiger partial charge in [-0.15, -0.1) is 0 Å². The lowest BCUT2D eigenvalue weighted by atomic mass is 10.7. The van der Waals surface area contributed by atoms with E-state index < -0.39 is 0 Å². The standard InChI is InChI=1S/C5H10OSi/c1-3-4-6-5(2)7/h3H,1-2,4H2,7H3. The summed E-state index contributed by atoms with van der Waals surface area (Å²) in [5.41, 5.74) is 0. The molecule has 0 aliphatic rings. The molecule has 0 aliphatic heterocycles. The van der Waals surface area contributed by atoms with E-state index in [2.05, 4.69) is 13.2 Å². The molecule has 0 radical (unpaired) electrons. The van der Waals surface area contributed by atoms with E-state index in [4.69, 9.17) is 4.74 Å². The average molecular weight is 114 g/mol. The summed E-state index contributed by atoms with van der Waals surface area (Å²) in [6, 6.07) is 0. The van der Waals surface area contributed by atoms with Gasteiger partial charge in [-0.1, -0.05) is 19.2 Å². The number of rotatable bonds is 3. The molecule has 7 heavy (non-hydrogen) atoms. The Morgan fingerprint density at radius 1 is 1.86 bits per heavy atom. The van der Waals surface area contributed by atoms with Crippen LogP contribution >= 0.6 is 0 Å². The van der Waals surface area contributed by atoms with Gasteiger partial charge >= 0.3 is 0 Å². The molecule has 0 saturated heterocycles. The van der Waals surface area contributed by atoms with Crippen LogP contribution in [0.2, 0.25) is 0 Å². The summed E-state index contributed by atoms with van der Waals surface area (Å²) in [5, 5.41) is 0.875. The summed E-state index contributed by atoms with van der Waals surface area (Å²) >= 11 is 0. The van der Waals surface area contributed by atoms with Gasteiger partial charge in [0.25, 0.3) is 0 Å². The predicted molar refractivity (Wildman–Crippen MR) is 35.2 cm³/mol. The average Bonchev–Trinajstić information content (AvgIpc) is 1.61. The Balaban J connectivity index is 2.97. The molecule has 2 heteroatoms. The maximum absolute atomic E-state index is 4.94. The highest BCUT2D eigenvalue weighted by atomic mass is 28.1.